The van der Waals surface area contributed by atoms with E-state index in [-0.39, 0.29) is 62.3 Å². The monoisotopic (exact) mass is 968 g/mol. The number of carbonyl (C=O) groups is 11. The second-order valence-corrected chi connectivity index (χ2v) is 19.6. The number of carbonyl (C=O) groups excluding carboxylic acids is 8. The van der Waals surface area contributed by atoms with E-state index in [1.807, 2.05) is 0 Å². The van der Waals surface area contributed by atoms with Crippen molar-refractivity contribution >= 4 is 65.2 Å². The van der Waals surface area contributed by atoms with Crippen LogP contribution in [0.15, 0.2) is 0 Å². The van der Waals surface area contributed by atoms with Gasteiger partial charge in [-0.15, -0.1) is 0 Å². The van der Waals surface area contributed by atoms with Gasteiger partial charge in [-0.1, -0.05) is 69.2 Å². The van der Waals surface area contributed by atoms with Crippen LogP contribution in [-0.2, 0) is 52.7 Å². The van der Waals surface area contributed by atoms with Crippen LogP contribution in [0.1, 0.15) is 128 Å². The van der Waals surface area contributed by atoms with Crippen LogP contribution in [0.5, 0.6) is 0 Å². The quantitative estimate of drug-likeness (QED) is 0.0454. The normalized spacial score (nSPS) is 17.2. The van der Waals surface area contributed by atoms with E-state index in [0.717, 1.165) is 0 Å². The molecule has 23 heteroatoms. The second kappa shape index (κ2) is 28.5. The van der Waals surface area contributed by atoms with Crippen molar-refractivity contribution < 1.29 is 68.1 Å². The highest BCUT2D eigenvalue weighted by atomic mass is 16.4. The molecule has 1 saturated heterocycles. The Balaban J connectivity index is 3.28. The van der Waals surface area contributed by atoms with Gasteiger partial charge >= 0.3 is 17.9 Å². The molecule has 0 radical (unpaired) electrons. The molecule has 68 heavy (non-hydrogen) atoms. The summed E-state index contributed by atoms with van der Waals surface area (Å²) in [6.07, 6.45) is -0.583. The van der Waals surface area contributed by atoms with E-state index >= 15 is 0 Å². The van der Waals surface area contributed by atoms with Crippen LogP contribution in [0.2, 0.25) is 0 Å². The first-order chi connectivity index (χ1) is 31.4. The summed E-state index contributed by atoms with van der Waals surface area (Å²) in [4.78, 5) is 145. The molecule has 8 amide bonds. The highest BCUT2D eigenvalue weighted by molar-refractivity contribution is 5.99. The lowest BCUT2D eigenvalue weighted by Gasteiger charge is -2.30. The Morgan fingerprint density at radius 1 is 0.500 bits per heavy atom. The summed E-state index contributed by atoms with van der Waals surface area (Å²) < 4.78 is 0. The Labute approximate surface area is 398 Å². The van der Waals surface area contributed by atoms with E-state index in [2.05, 4.69) is 37.2 Å². The predicted octanol–water partition coefficient (Wildman–Crippen LogP) is -0.407. The minimum absolute atomic E-state index is 0.00457. The number of nitrogens with two attached hydrogens (primary N) is 1. The van der Waals surface area contributed by atoms with Gasteiger partial charge in [0, 0.05) is 6.54 Å². The molecule has 23 nitrogen and oxygen atoms in total. The lowest BCUT2D eigenvalue weighted by atomic mass is 9.98. The van der Waals surface area contributed by atoms with Gasteiger partial charge in [-0.25, -0.2) is 4.79 Å². The number of carboxylic acid groups (broad SMARTS) is 3. The largest absolute Gasteiger partial charge is 0.481 e. The van der Waals surface area contributed by atoms with Crippen LogP contribution in [-0.4, -0.2) is 146 Å². The molecular formula is C45H77N9O14. The van der Waals surface area contributed by atoms with Crippen molar-refractivity contribution in [2.24, 2.45) is 35.3 Å². The number of amides is 8. The number of likely N-dealkylation sites (tertiary alicyclic amines) is 1. The van der Waals surface area contributed by atoms with Crippen LogP contribution < -0.4 is 43.0 Å². The number of carboxylic acids is 3. The smallest absolute Gasteiger partial charge is 0.326 e. The Morgan fingerprint density at radius 2 is 0.897 bits per heavy atom. The lowest BCUT2D eigenvalue weighted by Crippen LogP contribution is -2.61. The molecular weight excluding hydrogens is 891 g/mol. The summed E-state index contributed by atoms with van der Waals surface area (Å²) in [5.74, 6) is -11.9. The molecule has 1 rings (SSSR count). The van der Waals surface area contributed by atoms with Crippen LogP contribution in [0, 0.1) is 29.6 Å². The fraction of sp³-hybridized carbons (Fsp3) is 0.756. The first-order valence-corrected chi connectivity index (χ1v) is 23.3. The maximum absolute atomic E-state index is 13.9. The SMILES string of the molecule is CC(C)C[C@H](NC(=O)[C@@H]1CCCN1C(=O)[C@H](C)NC(=O)[C@@H](NC(=O)[C@H](CC(=O)O)NC(=O)[C@H](CC(C)C)NC(=O)[C@H](CC(C)C)NC(=O)[C@H](CC(C)C)NC(=O)[C@@H](N)CC(=O)O)C(C)C)C(=O)O. The van der Waals surface area contributed by atoms with Gasteiger partial charge in [0.25, 0.3) is 0 Å². The molecule has 1 heterocycles. The summed E-state index contributed by atoms with van der Waals surface area (Å²) >= 11 is 0. The second-order valence-electron chi connectivity index (χ2n) is 19.6. The van der Waals surface area contributed by atoms with Crippen molar-refractivity contribution in [3.8, 4) is 0 Å². The van der Waals surface area contributed by atoms with Gasteiger partial charge < -0.3 is 63.2 Å². The molecule has 0 aliphatic carbocycles. The first kappa shape index (κ1) is 60.1. The summed E-state index contributed by atoms with van der Waals surface area (Å²) in [6, 6.07) is -11.8. The van der Waals surface area contributed by atoms with Crippen molar-refractivity contribution in [1.29, 1.82) is 0 Å². The van der Waals surface area contributed by atoms with E-state index in [0.29, 0.717) is 6.42 Å². The molecule has 9 atom stereocenters. The molecule has 0 saturated carbocycles. The summed E-state index contributed by atoms with van der Waals surface area (Å²) in [5, 5.41) is 46.1. The van der Waals surface area contributed by atoms with Gasteiger partial charge in [0.2, 0.25) is 47.3 Å². The van der Waals surface area contributed by atoms with Crippen molar-refractivity contribution in [2.75, 3.05) is 6.54 Å². The molecule has 386 valence electrons. The zero-order valence-electron chi connectivity index (χ0n) is 41.3. The number of nitrogens with zero attached hydrogens (tertiary/aromatic N) is 1. The number of hydrogen-bond donors (Lipinski definition) is 11. The van der Waals surface area contributed by atoms with Crippen molar-refractivity contribution in [1.82, 2.24) is 42.1 Å². The lowest BCUT2D eigenvalue weighted by molar-refractivity contribution is -0.145. The molecule has 0 aromatic carbocycles. The van der Waals surface area contributed by atoms with Crippen LogP contribution in [0.3, 0.4) is 0 Å². The average Bonchev–Trinajstić information content (AvgIpc) is 3.70. The fourth-order valence-corrected chi connectivity index (χ4v) is 7.54. The molecule has 12 N–H and O–H groups in total. The molecule has 1 aliphatic heterocycles. The Morgan fingerprint density at radius 3 is 1.29 bits per heavy atom. The third kappa shape index (κ3) is 21.0. The van der Waals surface area contributed by atoms with E-state index in [4.69, 9.17) is 10.8 Å². The summed E-state index contributed by atoms with van der Waals surface area (Å²) in [6.45, 7) is 18.9. The van der Waals surface area contributed by atoms with Crippen molar-refractivity contribution in [3.63, 3.8) is 0 Å². The number of aliphatic carboxylic acids is 3. The molecule has 0 spiro atoms. The number of nitrogens with one attached hydrogen (secondary N) is 7. The molecule has 0 unspecified atom stereocenters. The van der Waals surface area contributed by atoms with E-state index in [1.54, 1.807) is 69.2 Å². The third-order valence-corrected chi connectivity index (χ3v) is 10.9. The number of rotatable bonds is 29. The molecule has 0 aromatic heterocycles. The van der Waals surface area contributed by atoms with Gasteiger partial charge in [0.1, 0.15) is 48.3 Å². The van der Waals surface area contributed by atoms with Gasteiger partial charge in [0.15, 0.2) is 0 Å². The summed E-state index contributed by atoms with van der Waals surface area (Å²) in [7, 11) is 0. The summed E-state index contributed by atoms with van der Waals surface area (Å²) in [5.41, 5.74) is 5.71. The molecule has 0 aromatic rings. The highest BCUT2D eigenvalue weighted by Gasteiger charge is 2.40. The minimum Gasteiger partial charge on any atom is -0.481 e. The standard InChI is InChI=1S/C45H77N9O14/c1-21(2)15-28(48-37(59)27(46)19-34(55)56)38(60)49-29(16-22(3)4)39(61)50-30(17-23(5)6)40(62)51-31(20-35(57)58)41(63)53-36(25(9)10)43(65)47-26(11)44(66)54-14-12-13-33(54)42(64)52-32(45(67)68)18-24(7)8/h21-33,36H,12-20,46H2,1-11H3,(H,47,65)(H,48,59)(H,49,60)(H,50,61)(H,51,62)(H,52,64)(H,53,63)(H,55,56)(H,57,58)(H,67,68)/t26-,27-,28-,29-,30-,31-,32-,33-,36-/m0/s1. The van der Waals surface area contributed by atoms with Crippen LogP contribution in [0.25, 0.3) is 0 Å². The van der Waals surface area contributed by atoms with Crippen molar-refractivity contribution in [3.05, 3.63) is 0 Å². The molecule has 1 fully saturated rings. The maximum Gasteiger partial charge on any atom is 0.326 e. The van der Waals surface area contributed by atoms with Crippen LogP contribution >= 0.6 is 0 Å². The highest BCUT2D eigenvalue weighted by Crippen LogP contribution is 2.20. The maximum atomic E-state index is 13.9. The Bertz CT molecular complexity index is 1810. The van der Waals surface area contributed by atoms with E-state index in [9.17, 15) is 63.0 Å². The van der Waals surface area contributed by atoms with Gasteiger partial charge in [-0.2, -0.15) is 0 Å². The topological polar surface area (TPSA) is 362 Å². The average molecular weight is 968 g/mol. The van der Waals surface area contributed by atoms with Gasteiger partial charge in [-0.05, 0) is 75.0 Å². The molecule has 1 aliphatic rings. The Hall–Kier alpha value is -5.87. The van der Waals surface area contributed by atoms with E-state index < -0.39 is 138 Å². The zero-order valence-corrected chi connectivity index (χ0v) is 41.3. The fourth-order valence-electron chi connectivity index (χ4n) is 7.54. The van der Waals surface area contributed by atoms with Gasteiger partial charge in [-0.3, -0.25) is 47.9 Å². The van der Waals surface area contributed by atoms with Crippen molar-refractivity contribution in [2.45, 2.75) is 182 Å². The van der Waals surface area contributed by atoms with Gasteiger partial charge in [0.05, 0.1) is 18.9 Å². The first-order valence-electron chi connectivity index (χ1n) is 23.3. The predicted molar refractivity (Wildman–Crippen MR) is 247 cm³/mol. The molecule has 0 bridgehead atoms. The van der Waals surface area contributed by atoms with E-state index in [1.165, 1.54) is 11.8 Å². The van der Waals surface area contributed by atoms with Crippen LogP contribution in [0.4, 0.5) is 0 Å². The zero-order chi connectivity index (χ0) is 52.3. The third-order valence-electron chi connectivity index (χ3n) is 10.9. The Kier molecular flexibility index (Phi) is 25.2. The minimum atomic E-state index is -1.77. The number of hydrogen-bond acceptors (Lipinski definition) is 12.